The molecular formula is C20H19ClN2O4S2. The van der Waals surface area contributed by atoms with Crippen LogP contribution in [0.4, 0.5) is 5.69 Å². The Morgan fingerprint density at radius 2 is 1.83 bits per heavy atom. The van der Waals surface area contributed by atoms with Crippen molar-refractivity contribution in [3.8, 4) is 11.5 Å². The molecule has 6 nitrogen and oxygen atoms in total. The van der Waals surface area contributed by atoms with E-state index < -0.39 is 0 Å². The van der Waals surface area contributed by atoms with Crippen LogP contribution in [0.15, 0.2) is 42.5 Å². The maximum Gasteiger partial charge on any atom is 0.269 e. The highest BCUT2D eigenvalue weighted by Crippen LogP contribution is 2.37. The number of carbonyl (C=O) groups excluding carboxylic acids is 1. The van der Waals surface area contributed by atoms with Crippen molar-refractivity contribution in [1.82, 2.24) is 5.32 Å². The molecule has 1 heterocycles. The van der Waals surface area contributed by atoms with Gasteiger partial charge in [-0.25, -0.2) is 0 Å². The van der Waals surface area contributed by atoms with Gasteiger partial charge in [0.25, 0.3) is 5.91 Å². The van der Waals surface area contributed by atoms with E-state index in [4.69, 9.17) is 38.0 Å². The quantitative estimate of drug-likeness (QED) is 0.401. The fourth-order valence-corrected chi connectivity index (χ4v) is 4.17. The Morgan fingerprint density at radius 1 is 1.10 bits per heavy atom. The molecule has 0 radical (unpaired) electrons. The van der Waals surface area contributed by atoms with Crippen LogP contribution in [0.3, 0.4) is 0 Å². The number of rotatable bonds is 7. The van der Waals surface area contributed by atoms with Crippen molar-refractivity contribution < 1.29 is 19.0 Å². The zero-order valence-electron chi connectivity index (χ0n) is 15.8. The number of anilines is 1. The van der Waals surface area contributed by atoms with E-state index in [9.17, 15) is 4.79 Å². The fourth-order valence-electron chi connectivity index (χ4n) is 2.52. The highest BCUT2D eigenvalue weighted by atomic mass is 35.5. The Morgan fingerprint density at radius 3 is 2.52 bits per heavy atom. The number of amides is 1. The molecule has 3 rings (SSSR count). The number of fused-ring (bicyclic) bond motifs is 1. The second-order valence-electron chi connectivity index (χ2n) is 5.88. The van der Waals surface area contributed by atoms with E-state index in [1.165, 1.54) is 11.3 Å². The average Bonchev–Trinajstić information content (AvgIpc) is 3.05. The van der Waals surface area contributed by atoms with Crippen LogP contribution in [0.5, 0.6) is 11.5 Å². The molecule has 0 bridgehead atoms. The summed E-state index contributed by atoms with van der Waals surface area (Å²) in [4.78, 5) is 13.0. The van der Waals surface area contributed by atoms with Gasteiger partial charge < -0.3 is 19.5 Å². The molecule has 0 unspecified atom stereocenters. The molecule has 0 aliphatic heterocycles. The Kier molecular flexibility index (Phi) is 7.27. The molecule has 0 saturated heterocycles. The lowest BCUT2D eigenvalue weighted by Gasteiger charge is -2.10. The van der Waals surface area contributed by atoms with E-state index in [-0.39, 0.29) is 11.0 Å². The Hall–Kier alpha value is -2.39. The van der Waals surface area contributed by atoms with Crippen molar-refractivity contribution in [3.05, 3.63) is 52.4 Å². The summed E-state index contributed by atoms with van der Waals surface area (Å²) in [6, 6.07) is 12.7. The van der Waals surface area contributed by atoms with E-state index in [2.05, 4.69) is 10.6 Å². The van der Waals surface area contributed by atoms with Gasteiger partial charge >= 0.3 is 0 Å². The molecule has 1 amide bonds. The lowest BCUT2D eigenvalue weighted by Crippen LogP contribution is -2.33. The van der Waals surface area contributed by atoms with Gasteiger partial charge in [-0.15, -0.1) is 11.3 Å². The van der Waals surface area contributed by atoms with Crippen LogP contribution in [0.2, 0.25) is 5.02 Å². The van der Waals surface area contributed by atoms with Crippen LogP contribution in [0.25, 0.3) is 10.1 Å². The second-order valence-corrected chi connectivity index (χ2v) is 7.72. The molecule has 2 aromatic carbocycles. The topological polar surface area (TPSA) is 68.8 Å². The standard InChI is InChI=1S/C20H19ClN2O4S2/c1-25-9-10-27-13-5-3-12(4-6-13)22-20(28)23-19(24)18-17(21)15-8-7-14(26-2)11-16(15)29-18/h3-8,11H,9-10H2,1-2H3,(H2,22,23,24,28). The Bertz CT molecular complexity index is 1020. The maximum atomic E-state index is 12.6. The normalized spacial score (nSPS) is 10.6. The van der Waals surface area contributed by atoms with Crippen LogP contribution >= 0.6 is 35.2 Å². The molecule has 2 N–H and O–H groups in total. The average molecular weight is 451 g/mol. The van der Waals surface area contributed by atoms with Gasteiger partial charge in [-0.3, -0.25) is 10.1 Å². The Labute approximate surface area is 182 Å². The van der Waals surface area contributed by atoms with Crippen LogP contribution in [0, 0.1) is 0 Å². The maximum absolute atomic E-state index is 12.6. The molecule has 0 fully saturated rings. The summed E-state index contributed by atoms with van der Waals surface area (Å²) in [6.45, 7) is 0.989. The minimum atomic E-state index is -0.368. The highest BCUT2D eigenvalue weighted by molar-refractivity contribution is 7.80. The monoisotopic (exact) mass is 450 g/mol. The highest BCUT2D eigenvalue weighted by Gasteiger charge is 2.18. The first kappa shape index (κ1) is 21.3. The van der Waals surface area contributed by atoms with Crippen molar-refractivity contribution in [2.45, 2.75) is 0 Å². The predicted molar refractivity (Wildman–Crippen MR) is 121 cm³/mol. The van der Waals surface area contributed by atoms with Crippen molar-refractivity contribution in [3.63, 3.8) is 0 Å². The van der Waals surface area contributed by atoms with E-state index in [1.54, 1.807) is 44.6 Å². The number of hydrogen-bond donors (Lipinski definition) is 2. The molecule has 0 saturated carbocycles. The van der Waals surface area contributed by atoms with Crippen molar-refractivity contribution in [2.24, 2.45) is 0 Å². The van der Waals surface area contributed by atoms with Crippen molar-refractivity contribution in [2.75, 3.05) is 32.8 Å². The largest absolute Gasteiger partial charge is 0.497 e. The predicted octanol–water partition coefficient (Wildman–Crippen LogP) is 4.72. The summed E-state index contributed by atoms with van der Waals surface area (Å²) in [7, 11) is 3.21. The minimum absolute atomic E-state index is 0.175. The fraction of sp³-hybridized carbons (Fsp3) is 0.200. The smallest absolute Gasteiger partial charge is 0.269 e. The van der Waals surface area contributed by atoms with Gasteiger partial charge in [-0.2, -0.15) is 0 Å². The summed E-state index contributed by atoms with van der Waals surface area (Å²) < 4.78 is 16.5. The molecular weight excluding hydrogens is 432 g/mol. The van der Waals surface area contributed by atoms with E-state index in [1.807, 2.05) is 12.1 Å². The third-order valence-corrected chi connectivity index (χ3v) is 5.80. The van der Waals surface area contributed by atoms with Gasteiger partial charge in [0.15, 0.2) is 5.11 Å². The summed E-state index contributed by atoms with van der Waals surface area (Å²) >= 11 is 12.9. The lowest BCUT2D eigenvalue weighted by molar-refractivity contribution is 0.0982. The minimum Gasteiger partial charge on any atom is -0.497 e. The first-order valence-electron chi connectivity index (χ1n) is 8.62. The number of hydrogen-bond acceptors (Lipinski definition) is 6. The molecule has 0 aliphatic carbocycles. The van der Waals surface area contributed by atoms with E-state index >= 15 is 0 Å². The SMILES string of the molecule is COCCOc1ccc(NC(=S)NC(=O)c2sc3cc(OC)ccc3c2Cl)cc1. The van der Waals surface area contributed by atoms with Crippen LogP contribution < -0.4 is 20.1 Å². The molecule has 152 valence electrons. The zero-order chi connectivity index (χ0) is 20.8. The van der Waals surface area contributed by atoms with E-state index in [0.717, 1.165) is 21.5 Å². The molecule has 0 spiro atoms. The molecule has 0 aliphatic rings. The molecule has 3 aromatic rings. The van der Waals surface area contributed by atoms with Gasteiger partial charge in [-0.1, -0.05) is 11.6 Å². The lowest BCUT2D eigenvalue weighted by atomic mass is 10.2. The van der Waals surface area contributed by atoms with Gasteiger partial charge in [-0.05, 0) is 54.7 Å². The number of thiocarbonyl (C=S) groups is 1. The number of thiophene rings is 1. The molecule has 0 atom stereocenters. The van der Waals surface area contributed by atoms with Crippen LogP contribution in [-0.4, -0.2) is 38.5 Å². The number of benzene rings is 2. The van der Waals surface area contributed by atoms with Crippen LogP contribution in [0.1, 0.15) is 9.67 Å². The molecule has 1 aromatic heterocycles. The van der Waals surface area contributed by atoms with Gasteiger partial charge in [0, 0.05) is 22.9 Å². The summed E-state index contributed by atoms with van der Waals surface area (Å²) in [5.74, 6) is 1.05. The van der Waals surface area contributed by atoms with Gasteiger partial charge in [0.05, 0.1) is 18.7 Å². The molecule has 9 heteroatoms. The molecule has 29 heavy (non-hydrogen) atoms. The van der Waals surface area contributed by atoms with Crippen molar-refractivity contribution >= 4 is 61.9 Å². The summed E-state index contributed by atoms with van der Waals surface area (Å²) in [5.41, 5.74) is 0.724. The number of nitrogens with one attached hydrogen (secondary N) is 2. The second kappa shape index (κ2) is 9.89. The third-order valence-electron chi connectivity index (χ3n) is 3.94. The number of ether oxygens (including phenoxy) is 3. The number of methoxy groups -OCH3 is 2. The van der Waals surface area contributed by atoms with Crippen molar-refractivity contribution in [1.29, 1.82) is 0 Å². The first-order chi connectivity index (χ1) is 14.0. The summed E-state index contributed by atoms with van der Waals surface area (Å²) in [5, 5.41) is 7.00. The number of carbonyl (C=O) groups is 1. The number of halogens is 1. The van der Waals surface area contributed by atoms with Gasteiger partial charge in [0.1, 0.15) is 23.0 Å². The van der Waals surface area contributed by atoms with Gasteiger partial charge in [0.2, 0.25) is 0 Å². The van der Waals surface area contributed by atoms with E-state index in [0.29, 0.717) is 28.9 Å². The zero-order valence-corrected chi connectivity index (χ0v) is 18.2. The Balaban J connectivity index is 1.62. The summed E-state index contributed by atoms with van der Waals surface area (Å²) in [6.07, 6.45) is 0. The van der Waals surface area contributed by atoms with Crippen LogP contribution in [-0.2, 0) is 4.74 Å². The first-order valence-corrected chi connectivity index (χ1v) is 10.2. The third kappa shape index (κ3) is 5.36.